The second-order valence-electron chi connectivity index (χ2n) is 6.68. The van der Waals surface area contributed by atoms with E-state index in [1.807, 2.05) is 12.3 Å². The van der Waals surface area contributed by atoms with Crippen molar-refractivity contribution in [2.45, 2.75) is 33.1 Å². The number of nitrogens with zero attached hydrogens (tertiary/aromatic N) is 3. The number of nitrogens with one attached hydrogen (secondary N) is 1. The van der Waals surface area contributed by atoms with Crippen LogP contribution in [-0.4, -0.2) is 21.1 Å². The van der Waals surface area contributed by atoms with Gasteiger partial charge in [-0.2, -0.15) is 14.9 Å². The average Bonchev–Trinajstić information content (AvgIpc) is 3.10. The first-order valence-electron chi connectivity index (χ1n) is 7.74. The highest BCUT2D eigenvalue weighted by atomic mass is 32.1. The molecule has 0 atom stereocenters. The van der Waals surface area contributed by atoms with E-state index in [-0.39, 0.29) is 5.41 Å². The molecule has 1 N–H and O–H groups in total. The number of aromatic amines is 1. The van der Waals surface area contributed by atoms with E-state index in [4.69, 9.17) is 12.2 Å². The first-order valence-corrected chi connectivity index (χ1v) is 8.96. The molecule has 0 spiro atoms. The molecule has 1 aromatic carbocycles. The molecule has 0 unspecified atom stereocenters. The predicted octanol–water partition coefficient (Wildman–Crippen LogP) is 5.16. The van der Waals surface area contributed by atoms with Gasteiger partial charge in [-0.25, -0.2) is 5.10 Å². The second kappa shape index (κ2) is 6.45. The van der Waals surface area contributed by atoms with Gasteiger partial charge in [-0.15, -0.1) is 11.3 Å². The molecule has 0 saturated heterocycles. The molecule has 24 heavy (non-hydrogen) atoms. The quantitative estimate of drug-likeness (QED) is 0.520. The van der Waals surface area contributed by atoms with Crippen LogP contribution in [0.4, 0.5) is 0 Å². The maximum Gasteiger partial charge on any atom is 0.216 e. The number of H-pyrrole nitrogens is 1. The maximum atomic E-state index is 5.31. The van der Waals surface area contributed by atoms with Crippen LogP contribution in [-0.2, 0) is 5.41 Å². The van der Waals surface area contributed by atoms with E-state index in [0.717, 1.165) is 10.4 Å². The van der Waals surface area contributed by atoms with Gasteiger partial charge >= 0.3 is 0 Å². The van der Waals surface area contributed by atoms with Crippen molar-refractivity contribution in [3.63, 3.8) is 0 Å². The molecule has 3 rings (SSSR count). The lowest BCUT2D eigenvalue weighted by Crippen LogP contribution is -2.10. The standard InChI is InChI=1S/C18H20N4S2/c1-12-5-10-15(24-12)11-19-22-16(20-21-17(22)23)13-6-8-14(9-7-13)18(2,3)4/h5-11H,1-4H3,(H,21,23). The van der Waals surface area contributed by atoms with Crippen LogP contribution in [0.5, 0.6) is 0 Å². The molecule has 0 radical (unpaired) electrons. The van der Waals surface area contributed by atoms with Crippen LogP contribution < -0.4 is 0 Å². The molecule has 0 aliphatic rings. The molecule has 0 aliphatic carbocycles. The SMILES string of the molecule is Cc1ccc(C=Nn2c(-c3ccc(C(C)(C)C)cc3)n[nH]c2=S)s1. The smallest absolute Gasteiger partial charge is 0.216 e. The van der Waals surface area contributed by atoms with Crippen LogP contribution in [0.15, 0.2) is 41.5 Å². The molecule has 0 aliphatic heterocycles. The third kappa shape index (κ3) is 3.55. The fourth-order valence-electron chi connectivity index (χ4n) is 2.34. The first kappa shape index (κ1) is 16.8. The van der Waals surface area contributed by atoms with E-state index < -0.39 is 0 Å². The highest BCUT2D eigenvalue weighted by Gasteiger charge is 2.14. The van der Waals surface area contributed by atoms with Gasteiger partial charge in [-0.1, -0.05) is 45.0 Å². The van der Waals surface area contributed by atoms with Gasteiger partial charge in [-0.3, -0.25) is 0 Å². The summed E-state index contributed by atoms with van der Waals surface area (Å²) < 4.78 is 2.14. The number of thiophene rings is 1. The molecule has 4 nitrogen and oxygen atoms in total. The van der Waals surface area contributed by atoms with E-state index in [1.54, 1.807) is 16.0 Å². The van der Waals surface area contributed by atoms with Crippen LogP contribution in [0.2, 0.25) is 0 Å². The van der Waals surface area contributed by atoms with Crippen LogP contribution >= 0.6 is 23.6 Å². The lowest BCUT2D eigenvalue weighted by molar-refractivity contribution is 0.590. The fourth-order valence-corrected chi connectivity index (χ4v) is 3.27. The predicted molar refractivity (Wildman–Crippen MR) is 104 cm³/mol. The van der Waals surface area contributed by atoms with Crippen molar-refractivity contribution in [2.24, 2.45) is 5.10 Å². The highest BCUT2D eigenvalue weighted by Crippen LogP contribution is 2.25. The summed E-state index contributed by atoms with van der Waals surface area (Å²) in [6.45, 7) is 8.68. The molecule has 0 bridgehead atoms. The van der Waals surface area contributed by atoms with Gasteiger partial charge in [0.05, 0.1) is 6.21 Å². The molecule has 2 aromatic heterocycles. The Labute approximate surface area is 150 Å². The van der Waals surface area contributed by atoms with Gasteiger partial charge in [0, 0.05) is 15.3 Å². The van der Waals surface area contributed by atoms with Crippen LogP contribution in [0.1, 0.15) is 36.1 Å². The molecular weight excluding hydrogens is 336 g/mol. The lowest BCUT2D eigenvalue weighted by Gasteiger charge is -2.18. The zero-order valence-corrected chi connectivity index (χ0v) is 15.8. The van der Waals surface area contributed by atoms with Crippen molar-refractivity contribution < 1.29 is 0 Å². The Morgan fingerprint density at radius 2 is 1.88 bits per heavy atom. The molecule has 0 fully saturated rings. The topological polar surface area (TPSA) is 46.0 Å². The summed E-state index contributed by atoms with van der Waals surface area (Å²) in [7, 11) is 0. The lowest BCUT2D eigenvalue weighted by atomic mass is 9.87. The number of aryl methyl sites for hydroxylation is 1. The Morgan fingerprint density at radius 1 is 1.17 bits per heavy atom. The van der Waals surface area contributed by atoms with Crippen molar-refractivity contribution in [1.29, 1.82) is 0 Å². The summed E-state index contributed by atoms with van der Waals surface area (Å²) in [5.41, 5.74) is 2.39. The van der Waals surface area contributed by atoms with E-state index in [9.17, 15) is 0 Å². The van der Waals surface area contributed by atoms with Crippen LogP contribution in [0.3, 0.4) is 0 Å². The van der Waals surface area contributed by atoms with Gasteiger partial charge in [0.15, 0.2) is 5.82 Å². The van der Waals surface area contributed by atoms with Crippen molar-refractivity contribution >= 4 is 29.8 Å². The summed E-state index contributed by atoms with van der Waals surface area (Å²) >= 11 is 7.01. The van der Waals surface area contributed by atoms with Gasteiger partial charge in [0.1, 0.15) is 0 Å². The van der Waals surface area contributed by atoms with Crippen molar-refractivity contribution in [3.05, 3.63) is 56.5 Å². The minimum Gasteiger partial charge on any atom is -0.250 e. The van der Waals surface area contributed by atoms with Gasteiger partial charge in [-0.05, 0) is 42.3 Å². The zero-order valence-electron chi connectivity index (χ0n) is 14.2. The number of benzene rings is 1. The Kier molecular flexibility index (Phi) is 4.51. The van der Waals surface area contributed by atoms with Gasteiger partial charge in [0.2, 0.25) is 4.77 Å². The third-order valence-corrected chi connectivity index (χ3v) is 4.92. The molecule has 124 valence electrons. The number of hydrogen-bond donors (Lipinski definition) is 1. The molecule has 6 heteroatoms. The summed E-state index contributed by atoms with van der Waals surface area (Å²) in [5, 5.41) is 11.7. The van der Waals surface area contributed by atoms with Gasteiger partial charge in [0.25, 0.3) is 0 Å². The fraction of sp³-hybridized carbons (Fsp3) is 0.278. The third-order valence-electron chi connectivity index (χ3n) is 3.72. The molecule has 3 aromatic rings. The number of rotatable bonds is 3. The summed E-state index contributed by atoms with van der Waals surface area (Å²) in [5.74, 6) is 0.713. The van der Waals surface area contributed by atoms with Crippen molar-refractivity contribution in [1.82, 2.24) is 14.9 Å². The maximum absolute atomic E-state index is 5.31. The molecule has 2 heterocycles. The minimum absolute atomic E-state index is 0.123. The molecule has 0 amide bonds. The monoisotopic (exact) mass is 356 g/mol. The van der Waals surface area contributed by atoms with Crippen LogP contribution in [0, 0.1) is 11.7 Å². The molecular formula is C18H20N4S2. The first-order chi connectivity index (χ1) is 11.3. The summed E-state index contributed by atoms with van der Waals surface area (Å²) in [6.07, 6.45) is 1.82. The van der Waals surface area contributed by atoms with Crippen LogP contribution in [0.25, 0.3) is 11.4 Å². The molecule has 0 saturated carbocycles. The Bertz CT molecular complexity index is 921. The van der Waals surface area contributed by atoms with E-state index in [1.165, 1.54) is 10.4 Å². The Balaban J connectivity index is 1.95. The second-order valence-corrected chi connectivity index (χ2v) is 8.39. The van der Waals surface area contributed by atoms with Crippen molar-refractivity contribution in [2.75, 3.05) is 0 Å². The Hall–Kier alpha value is -2.05. The highest BCUT2D eigenvalue weighted by molar-refractivity contribution is 7.71. The van der Waals surface area contributed by atoms with E-state index in [2.05, 4.69) is 73.3 Å². The summed E-state index contributed by atoms with van der Waals surface area (Å²) in [4.78, 5) is 2.34. The zero-order chi connectivity index (χ0) is 17.3. The van der Waals surface area contributed by atoms with E-state index in [0.29, 0.717) is 10.6 Å². The number of hydrogen-bond acceptors (Lipinski definition) is 4. The van der Waals surface area contributed by atoms with E-state index >= 15 is 0 Å². The minimum atomic E-state index is 0.123. The average molecular weight is 357 g/mol. The Morgan fingerprint density at radius 3 is 2.46 bits per heavy atom. The number of aromatic nitrogens is 3. The summed E-state index contributed by atoms with van der Waals surface area (Å²) in [6, 6.07) is 12.5. The normalized spacial score (nSPS) is 12.2. The van der Waals surface area contributed by atoms with Crippen molar-refractivity contribution in [3.8, 4) is 11.4 Å². The largest absolute Gasteiger partial charge is 0.250 e. The van der Waals surface area contributed by atoms with Gasteiger partial charge < -0.3 is 0 Å².